The number of anilines is 1. The second-order valence-electron chi connectivity index (χ2n) is 15.4. The molecule has 0 spiro atoms. The second-order valence-corrected chi connectivity index (χ2v) is 17.2. The SMILES string of the molecule is CC(C)(C)OC(=O)CN(c1ccc(C(=O)OC(C)(C)C(=O)OC(Cc2c(Cl)c[n+]([O-])cc2Cl)c2ccc(OC(F)F)c(OCC3CC3)c2)cc1OCC1CC1)[SH](=O)=O. The highest BCUT2D eigenvalue weighted by atomic mass is 35.5. The van der Waals surface area contributed by atoms with Crippen molar-refractivity contribution < 1.29 is 64.7 Å². The van der Waals surface area contributed by atoms with Gasteiger partial charge in [0.25, 0.3) is 0 Å². The van der Waals surface area contributed by atoms with Crippen LogP contribution in [0.4, 0.5) is 14.5 Å². The van der Waals surface area contributed by atoms with Crippen molar-refractivity contribution in [2.75, 3.05) is 24.1 Å². The van der Waals surface area contributed by atoms with Crippen molar-refractivity contribution in [2.45, 2.75) is 90.6 Å². The monoisotopic (exact) mass is 872 g/mol. The van der Waals surface area contributed by atoms with E-state index in [2.05, 4.69) is 4.74 Å². The van der Waals surface area contributed by atoms with Gasteiger partial charge in [0.2, 0.25) is 16.5 Å². The Morgan fingerprint density at radius 3 is 2.03 bits per heavy atom. The highest BCUT2D eigenvalue weighted by Crippen LogP contribution is 2.39. The predicted molar refractivity (Wildman–Crippen MR) is 207 cm³/mol. The molecule has 1 heterocycles. The zero-order chi connectivity index (χ0) is 42.5. The van der Waals surface area contributed by atoms with E-state index in [1.54, 1.807) is 20.8 Å². The lowest BCUT2D eigenvalue weighted by molar-refractivity contribution is -0.605. The molecule has 19 heteroatoms. The molecular weight excluding hydrogens is 829 g/mol. The maximum Gasteiger partial charge on any atom is 0.387 e. The van der Waals surface area contributed by atoms with E-state index in [9.17, 15) is 36.8 Å². The highest BCUT2D eigenvalue weighted by molar-refractivity contribution is 7.74. The van der Waals surface area contributed by atoms with Gasteiger partial charge >= 0.3 is 24.5 Å². The molecule has 0 aliphatic heterocycles. The smallest absolute Gasteiger partial charge is 0.387 e. The molecule has 14 nitrogen and oxygen atoms in total. The van der Waals surface area contributed by atoms with Crippen LogP contribution in [0.2, 0.25) is 10.0 Å². The normalized spacial score (nSPS) is 14.8. The van der Waals surface area contributed by atoms with Crippen LogP contribution in [-0.2, 0) is 41.1 Å². The first-order valence-corrected chi connectivity index (χ1v) is 20.2. The van der Waals surface area contributed by atoms with Crippen LogP contribution in [-0.4, -0.2) is 63.9 Å². The van der Waals surface area contributed by atoms with Crippen molar-refractivity contribution in [1.29, 1.82) is 0 Å². The molecule has 1 aromatic heterocycles. The number of esters is 3. The van der Waals surface area contributed by atoms with Gasteiger partial charge in [-0.2, -0.15) is 13.5 Å². The first-order chi connectivity index (χ1) is 27.2. The number of benzene rings is 2. The molecule has 2 saturated carbocycles. The quantitative estimate of drug-likeness (QED) is 0.0433. The van der Waals surface area contributed by atoms with E-state index in [4.69, 9.17) is 46.9 Å². The van der Waals surface area contributed by atoms with Crippen LogP contribution in [0.15, 0.2) is 48.8 Å². The van der Waals surface area contributed by atoms with Gasteiger partial charge < -0.3 is 33.6 Å². The molecule has 0 radical (unpaired) electrons. The van der Waals surface area contributed by atoms with Crippen LogP contribution in [0.25, 0.3) is 0 Å². The van der Waals surface area contributed by atoms with Crippen LogP contribution in [0.3, 0.4) is 0 Å². The van der Waals surface area contributed by atoms with Gasteiger partial charge in [0.1, 0.15) is 34.0 Å². The fourth-order valence-corrected chi connectivity index (χ4v) is 6.63. The van der Waals surface area contributed by atoms with Gasteiger partial charge in [-0.15, -0.1) is 0 Å². The van der Waals surface area contributed by atoms with Crippen LogP contribution in [0, 0.1) is 17.0 Å². The number of thiol groups is 1. The zero-order valence-electron chi connectivity index (χ0n) is 32.3. The summed E-state index contributed by atoms with van der Waals surface area (Å²) in [5.41, 5.74) is -2.53. The number of hydrogen-bond acceptors (Lipinski definition) is 12. The number of pyridine rings is 1. The van der Waals surface area contributed by atoms with Crippen molar-refractivity contribution in [2.24, 2.45) is 11.8 Å². The van der Waals surface area contributed by atoms with Gasteiger partial charge in [0.05, 0.1) is 24.5 Å². The third kappa shape index (κ3) is 12.7. The molecule has 2 fully saturated rings. The number of carbonyl (C=O) groups excluding carboxylic acids is 3. The van der Waals surface area contributed by atoms with Gasteiger partial charge in [-0.3, -0.25) is 9.10 Å². The lowest BCUT2D eigenvalue weighted by atomic mass is 10.0. The minimum atomic E-state index is -3.37. The van der Waals surface area contributed by atoms with Gasteiger partial charge in [-0.05, 0) is 108 Å². The van der Waals surface area contributed by atoms with Gasteiger partial charge in [0, 0.05) is 12.0 Å². The van der Waals surface area contributed by atoms with Gasteiger partial charge in [-0.25, -0.2) is 18.0 Å². The fourth-order valence-electron chi connectivity index (χ4n) is 5.45. The topological polar surface area (TPSA) is 171 Å². The fraction of sp³-hybridized carbons (Fsp3) is 0.487. The van der Waals surface area contributed by atoms with Crippen LogP contribution in [0.5, 0.6) is 17.2 Å². The molecule has 2 aromatic carbocycles. The van der Waals surface area contributed by atoms with E-state index in [1.807, 2.05) is 0 Å². The maximum atomic E-state index is 13.9. The summed E-state index contributed by atoms with van der Waals surface area (Å²) in [6, 6.07) is 7.77. The van der Waals surface area contributed by atoms with E-state index < -0.39 is 59.3 Å². The molecule has 0 bridgehead atoms. The standard InChI is InChI=1S/C39H44Cl2F2N2O12S/c1-38(2,3)56-34(46)19-45(58(50)51)29-12-10-25(15-32(29)52-20-22-6-7-22)35(47)57-39(4,5)36(48)54-31(16-26-27(40)17-44(49)18-28(26)41)24-11-13-30(55-37(42)43)33(14-24)53-21-23-8-9-23/h10-15,17-18,22-23,31,37,58H,6-9,16,19-21H2,1-5H3. The highest BCUT2D eigenvalue weighted by Gasteiger charge is 2.38. The average molecular weight is 874 g/mol. The Hall–Kier alpha value is -4.61. The third-order valence-corrected chi connectivity index (χ3v) is 10.2. The zero-order valence-corrected chi connectivity index (χ0v) is 34.7. The maximum absolute atomic E-state index is 13.9. The molecule has 316 valence electrons. The molecule has 1 unspecified atom stereocenters. The van der Waals surface area contributed by atoms with Crippen molar-refractivity contribution >= 4 is 57.7 Å². The van der Waals surface area contributed by atoms with Crippen LogP contribution in [0.1, 0.15) is 87.9 Å². The molecule has 58 heavy (non-hydrogen) atoms. The third-order valence-electron chi connectivity index (χ3n) is 8.80. The molecule has 3 aromatic rings. The minimum absolute atomic E-state index is 0.0214. The van der Waals surface area contributed by atoms with Crippen LogP contribution >= 0.6 is 23.2 Å². The van der Waals surface area contributed by atoms with E-state index in [0.717, 1.165) is 42.4 Å². The van der Waals surface area contributed by atoms with Crippen molar-refractivity contribution in [3.63, 3.8) is 0 Å². The predicted octanol–water partition coefficient (Wildman–Crippen LogP) is 6.94. The molecule has 2 aliphatic carbocycles. The Morgan fingerprint density at radius 2 is 1.48 bits per heavy atom. The van der Waals surface area contributed by atoms with Crippen molar-refractivity contribution in [1.82, 2.24) is 0 Å². The molecule has 0 N–H and O–H groups in total. The molecule has 2 aliphatic rings. The number of hydrogen-bond donors (Lipinski definition) is 1. The van der Waals surface area contributed by atoms with Crippen LogP contribution < -0.4 is 23.2 Å². The first-order valence-electron chi connectivity index (χ1n) is 18.3. The first kappa shape index (κ1) is 44.5. The van der Waals surface area contributed by atoms with E-state index in [1.165, 1.54) is 50.2 Å². The summed E-state index contributed by atoms with van der Waals surface area (Å²) in [5.74, 6) is -2.71. The minimum Gasteiger partial charge on any atom is -0.619 e. The van der Waals surface area contributed by atoms with Gasteiger partial charge in [0.15, 0.2) is 23.9 Å². The van der Waals surface area contributed by atoms with E-state index in [0.29, 0.717) is 4.73 Å². The number of halogens is 4. The van der Waals surface area contributed by atoms with Crippen molar-refractivity contribution in [3.05, 3.63) is 80.7 Å². The Kier molecular flexibility index (Phi) is 14.2. The average Bonchev–Trinajstić information content (AvgIpc) is 4.05. The summed E-state index contributed by atoms with van der Waals surface area (Å²) in [7, 11) is -3.37. The molecule has 0 amide bonds. The lowest BCUT2D eigenvalue weighted by Crippen LogP contribution is -2.39. The number of nitrogens with zero attached hydrogens (tertiary/aromatic N) is 2. The molecule has 5 rings (SSSR count). The second kappa shape index (κ2) is 18.5. The largest absolute Gasteiger partial charge is 0.619 e. The van der Waals surface area contributed by atoms with E-state index in [-0.39, 0.29) is 81.1 Å². The summed E-state index contributed by atoms with van der Waals surface area (Å²) < 4.78 is 85.8. The molecular formula is C39H44Cl2F2N2O12S. The summed E-state index contributed by atoms with van der Waals surface area (Å²) in [5, 5.41) is 11.9. The Labute approximate surface area is 345 Å². The number of ether oxygens (including phenoxy) is 6. The molecule has 1 atom stereocenters. The number of aromatic nitrogens is 1. The Morgan fingerprint density at radius 1 is 0.879 bits per heavy atom. The number of alkyl halides is 2. The number of carbonyl (C=O) groups is 3. The van der Waals surface area contributed by atoms with Crippen molar-refractivity contribution in [3.8, 4) is 17.2 Å². The van der Waals surface area contributed by atoms with E-state index >= 15 is 0 Å². The summed E-state index contributed by atoms with van der Waals surface area (Å²) in [6.07, 6.45) is 4.27. The summed E-state index contributed by atoms with van der Waals surface area (Å²) in [6.45, 7) is 4.12. The summed E-state index contributed by atoms with van der Waals surface area (Å²) in [4.78, 5) is 40.2. The number of rotatable bonds is 19. The molecule has 0 saturated heterocycles. The lowest BCUT2D eigenvalue weighted by Gasteiger charge is -2.28. The Balaban J connectivity index is 1.41. The Bertz CT molecular complexity index is 2060. The van der Waals surface area contributed by atoms with Gasteiger partial charge in [-0.1, -0.05) is 29.3 Å². The summed E-state index contributed by atoms with van der Waals surface area (Å²) >= 11 is 12.8.